The number of aliphatic hydroxyl groups excluding tert-OH is 1. The molecule has 1 unspecified atom stereocenters. The molecule has 2 N–H and O–H groups in total. The van der Waals surface area contributed by atoms with E-state index >= 15 is 0 Å². The Morgan fingerprint density at radius 2 is 1.86 bits per heavy atom. The van der Waals surface area contributed by atoms with Crippen molar-refractivity contribution < 1.29 is 19.8 Å². The first kappa shape index (κ1) is 27.2. The van der Waals surface area contributed by atoms with Crippen molar-refractivity contribution in [2.45, 2.75) is 89.7 Å². The highest BCUT2D eigenvalue weighted by molar-refractivity contribution is 5.95. The van der Waals surface area contributed by atoms with Gasteiger partial charge in [-0.3, -0.25) is 4.79 Å². The van der Waals surface area contributed by atoms with Gasteiger partial charge in [0, 0.05) is 42.7 Å². The van der Waals surface area contributed by atoms with Crippen LogP contribution in [0.5, 0.6) is 0 Å². The van der Waals surface area contributed by atoms with Gasteiger partial charge in [-0.25, -0.2) is 4.79 Å². The Morgan fingerprint density at radius 1 is 1.14 bits per heavy atom. The fourth-order valence-corrected chi connectivity index (χ4v) is 6.30. The van der Waals surface area contributed by atoms with Crippen LogP contribution in [0, 0.1) is 5.92 Å². The summed E-state index contributed by atoms with van der Waals surface area (Å²) in [4.78, 5) is 27.6. The molecular formula is C31H42N2O4. The number of carbonyl (C=O) groups excluding carboxylic acids is 1. The van der Waals surface area contributed by atoms with E-state index in [0.29, 0.717) is 44.8 Å². The zero-order valence-corrected chi connectivity index (χ0v) is 22.2. The third kappa shape index (κ3) is 6.18. The number of benzene rings is 1. The van der Waals surface area contributed by atoms with Gasteiger partial charge in [0.1, 0.15) is 0 Å². The van der Waals surface area contributed by atoms with Crippen LogP contribution in [-0.4, -0.2) is 50.8 Å². The molecule has 1 aromatic carbocycles. The number of carboxylic acid groups (broad SMARTS) is 1. The summed E-state index contributed by atoms with van der Waals surface area (Å²) in [6, 6.07) is 5.49. The largest absolute Gasteiger partial charge is 0.478 e. The van der Waals surface area contributed by atoms with Gasteiger partial charge in [-0.2, -0.15) is 0 Å². The van der Waals surface area contributed by atoms with E-state index in [2.05, 4.69) is 17.2 Å². The lowest BCUT2D eigenvalue weighted by Crippen LogP contribution is -2.44. The third-order valence-electron chi connectivity index (χ3n) is 8.26. The highest BCUT2D eigenvalue weighted by atomic mass is 16.4. The lowest BCUT2D eigenvalue weighted by atomic mass is 9.82. The minimum absolute atomic E-state index is 0.136. The van der Waals surface area contributed by atoms with Gasteiger partial charge in [0.15, 0.2) is 0 Å². The molecule has 1 aliphatic heterocycles. The first-order valence-corrected chi connectivity index (χ1v) is 14.0. The molecule has 0 bridgehead atoms. The molecule has 1 saturated carbocycles. The predicted molar refractivity (Wildman–Crippen MR) is 148 cm³/mol. The van der Waals surface area contributed by atoms with Crippen LogP contribution < -0.4 is 0 Å². The fourth-order valence-electron chi connectivity index (χ4n) is 6.30. The summed E-state index contributed by atoms with van der Waals surface area (Å²) in [7, 11) is 0. The quantitative estimate of drug-likeness (QED) is 0.383. The number of aromatic carboxylic acids is 1. The Labute approximate surface area is 220 Å². The molecule has 37 heavy (non-hydrogen) atoms. The molecule has 2 aliphatic rings. The number of hydrogen-bond donors (Lipinski definition) is 2. The minimum Gasteiger partial charge on any atom is -0.478 e. The number of fused-ring (bicyclic) bond motifs is 1. The Bertz CT molecular complexity index is 1130. The van der Waals surface area contributed by atoms with Gasteiger partial charge < -0.3 is 19.7 Å². The van der Waals surface area contributed by atoms with Crippen molar-refractivity contribution >= 4 is 22.8 Å². The summed E-state index contributed by atoms with van der Waals surface area (Å²) in [6.07, 6.45) is 15.2. The van der Waals surface area contributed by atoms with Crippen molar-refractivity contribution in [3.63, 3.8) is 0 Å². The Morgan fingerprint density at radius 3 is 2.51 bits per heavy atom. The molecule has 1 amide bonds. The van der Waals surface area contributed by atoms with Crippen molar-refractivity contribution in [3.05, 3.63) is 59.8 Å². The van der Waals surface area contributed by atoms with Crippen LogP contribution >= 0.6 is 0 Å². The van der Waals surface area contributed by atoms with Gasteiger partial charge in [0.25, 0.3) is 0 Å². The molecule has 4 rings (SSSR count). The molecule has 6 heteroatoms. The Balaban J connectivity index is 1.79. The molecule has 1 aromatic heterocycles. The number of aliphatic hydroxyl groups is 1. The number of rotatable bonds is 10. The van der Waals surface area contributed by atoms with Gasteiger partial charge >= 0.3 is 5.97 Å². The van der Waals surface area contributed by atoms with Gasteiger partial charge in [-0.05, 0) is 69.1 Å². The molecule has 2 fully saturated rings. The molecule has 1 atom stereocenters. The van der Waals surface area contributed by atoms with Crippen LogP contribution in [0.4, 0.5) is 0 Å². The second-order valence-electron chi connectivity index (χ2n) is 10.7. The molecule has 0 radical (unpaired) electrons. The van der Waals surface area contributed by atoms with Crippen molar-refractivity contribution in [3.8, 4) is 0 Å². The number of nitrogens with zero attached hydrogens (tertiary/aromatic N) is 2. The second-order valence-corrected chi connectivity index (χ2v) is 10.7. The summed E-state index contributed by atoms with van der Waals surface area (Å²) in [6.45, 7) is 7.72. The predicted octanol–water partition coefficient (Wildman–Crippen LogP) is 6.07. The summed E-state index contributed by atoms with van der Waals surface area (Å²) in [5.74, 6) is -0.578. The first-order chi connectivity index (χ1) is 17.9. The Kier molecular flexibility index (Phi) is 9.25. The maximum atomic E-state index is 13.8. The van der Waals surface area contributed by atoms with E-state index in [4.69, 9.17) is 0 Å². The van der Waals surface area contributed by atoms with E-state index < -0.39 is 5.97 Å². The zero-order valence-electron chi connectivity index (χ0n) is 22.2. The van der Waals surface area contributed by atoms with Gasteiger partial charge in [0.2, 0.25) is 5.91 Å². The highest BCUT2D eigenvalue weighted by Crippen LogP contribution is 2.41. The molecular weight excluding hydrogens is 464 g/mol. The number of allylic oxidation sites excluding steroid dienone is 3. The van der Waals surface area contributed by atoms with Crippen LogP contribution in [0.1, 0.15) is 92.2 Å². The molecule has 2 heterocycles. The van der Waals surface area contributed by atoms with E-state index in [1.54, 1.807) is 12.1 Å². The SMILES string of the molecule is C=CCc1c(C2CCCCC2)c2ccc(C(=O)O)cc2n1CC(CC/C=C\C)C(=O)N1CCC(O)CC1. The van der Waals surface area contributed by atoms with Crippen LogP contribution in [0.3, 0.4) is 0 Å². The monoisotopic (exact) mass is 506 g/mol. The molecule has 1 aliphatic carbocycles. The number of aromatic nitrogens is 1. The molecule has 200 valence electrons. The van der Waals surface area contributed by atoms with Crippen LogP contribution in [-0.2, 0) is 17.8 Å². The number of amides is 1. The van der Waals surface area contributed by atoms with Crippen molar-refractivity contribution in [2.75, 3.05) is 13.1 Å². The van der Waals surface area contributed by atoms with E-state index in [9.17, 15) is 19.8 Å². The molecule has 1 saturated heterocycles. The maximum Gasteiger partial charge on any atom is 0.335 e. The highest BCUT2D eigenvalue weighted by Gasteiger charge is 2.31. The normalized spacial score (nSPS) is 18.5. The Hall–Kier alpha value is -2.86. The smallest absolute Gasteiger partial charge is 0.335 e. The maximum absolute atomic E-state index is 13.8. The summed E-state index contributed by atoms with van der Waals surface area (Å²) >= 11 is 0. The van der Waals surface area contributed by atoms with Crippen molar-refractivity contribution in [1.82, 2.24) is 9.47 Å². The number of carboxylic acids is 1. The summed E-state index contributed by atoms with van der Waals surface area (Å²) in [5.41, 5.74) is 3.69. The standard InChI is InChI=1S/C31H42N2O4/c1-3-5-7-13-24(30(35)32-18-16-25(34)17-19-32)21-33-27(10-4-2)29(22-11-8-6-9-12-22)26-15-14-23(31(36)37)20-28(26)33/h3-5,14-15,20,22,24-25,34H,2,6-13,16-19,21H2,1H3,(H,36,37)/b5-3-. The number of hydrogen-bond acceptors (Lipinski definition) is 3. The molecule has 2 aromatic rings. The van der Waals surface area contributed by atoms with Crippen LogP contribution in [0.2, 0.25) is 0 Å². The van der Waals surface area contributed by atoms with E-state index in [-0.39, 0.29) is 23.5 Å². The fraction of sp³-hybridized carbons (Fsp3) is 0.548. The second kappa shape index (κ2) is 12.6. The van der Waals surface area contributed by atoms with Gasteiger partial charge in [-0.15, -0.1) is 6.58 Å². The van der Waals surface area contributed by atoms with E-state index in [0.717, 1.165) is 36.6 Å². The zero-order chi connectivity index (χ0) is 26.4. The summed E-state index contributed by atoms with van der Waals surface area (Å²) < 4.78 is 2.24. The lowest BCUT2D eigenvalue weighted by molar-refractivity contribution is -0.138. The topological polar surface area (TPSA) is 82.8 Å². The van der Waals surface area contributed by atoms with E-state index in [1.807, 2.05) is 30.0 Å². The van der Waals surface area contributed by atoms with Gasteiger partial charge in [-0.1, -0.05) is 43.6 Å². The van der Waals surface area contributed by atoms with Crippen LogP contribution in [0.15, 0.2) is 43.0 Å². The van der Waals surface area contributed by atoms with Gasteiger partial charge in [0.05, 0.1) is 17.6 Å². The lowest BCUT2D eigenvalue weighted by Gasteiger charge is -2.33. The van der Waals surface area contributed by atoms with E-state index in [1.165, 1.54) is 30.5 Å². The summed E-state index contributed by atoms with van der Waals surface area (Å²) in [5, 5.41) is 20.8. The number of piperidine rings is 1. The average molecular weight is 507 g/mol. The van der Waals surface area contributed by atoms with Crippen molar-refractivity contribution in [1.29, 1.82) is 0 Å². The molecule has 6 nitrogen and oxygen atoms in total. The first-order valence-electron chi connectivity index (χ1n) is 14.0. The molecule has 0 spiro atoms. The number of carbonyl (C=O) groups is 2. The minimum atomic E-state index is -0.938. The number of likely N-dealkylation sites (tertiary alicyclic amines) is 1. The van der Waals surface area contributed by atoms with Crippen LogP contribution in [0.25, 0.3) is 10.9 Å². The van der Waals surface area contributed by atoms with Crippen molar-refractivity contribution in [2.24, 2.45) is 5.92 Å². The average Bonchev–Trinajstić information content (AvgIpc) is 3.21. The third-order valence-corrected chi connectivity index (χ3v) is 8.26.